The summed E-state index contributed by atoms with van der Waals surface area (Å²) in [5, 5.41) is 11.1. The van der Waals surface area contributed by atoms with Gasteiger partial charge in [0.1, 0.15) is 12.4 Å². The lowest BCUT2D eigenvalue weighted by atomic mass is 10.3. The first-order chi connectivity index (χ1) is 11.6. The normalized spacial score (nSPS) is 10.8. The first kappa shape index (κ1) is 19.1. The van der Waals surface area contributed by atoms with E-state index in [0.717, 1.165) is 20.2 Å². The molecule has 0 fully saturated rings. The highest BCUT2D eigenvalue weighted by atomic mass is 32.2. The van der Waals surface area contributed by atoms with Crippen molar-refractivity contribution in [1.82, 2.24) is 15.5 Å². The van der Waals surface area contributed by atoms with E-state index < -0.39 is 0 Å². The second-order valence-electron chi connectivity index (χ2n) is 5.34. The summed E-state index contributed by atoms with van der Waals surface area (Å²) in [7, 11) is 0. The molecule has 2 aromatic rings. The van der Waals surface area contributed by atoms with E-state index in [1.807, 2.05) is 30.3 Å². The van der Waals surface area contributed by atoms with Crippen LogP contribution in [0.4, 0.5) is 0 Å². The summed E-state index contributed by atoms with van der Waals surface area (Å²) in [6, 6.07) is 9.55. The van der Waals surface area contributed by atoms with E-state index in [0.29, 0.717) is 24.8 Å². The Morgan fingerprint density at radius 3 is 2.62 bits per heavy atom. The molecule has 2 rings (SSSR count). The molecule has 1 heterocycles. The summed E-state index contributed by atoms with van der Waals surface area (Å²) in [6.45, 7) is 5.29. The first-order valence-corrected chi connectivity index (χ1v) is 10.5. The Labute approximate surface area is 155 Å². The van der Waals surface area contributed by atoms with Gasteiger partial charge in [-0.15, -0.1) is 10.2 Å². The van der Waals surface area contributed by atoms with Crippen LogP contribution in [0.1, 0.15) is 13.8 Å². The fourth-order valence-corrected chi connectivity index (χ4v) is 4.43. The largest absolute Gasteiger partial charge is 0.492 e. The van der Waals surface area contributed by atoms with Crippen LogP contribution < -0.4 is 10.1 Å². The molecule has 0 aliphatic heterocycles. The van der Waals surface area contributed by atoms with Crippen LogP contribution in [0.15, 0.2) is 39.0 Å². The molecule has 5 nitrogen and oxygen atoms in total. The van der Waals surface area contributed by atoms with Crippen LogP contribution in [-0.2, 0) is 4.79 Å². The fourth-order valence-electron chi connectivity index (χ4n) is 1.61. The highest BCUT2D eigenvalue weighted by Gasteiger charge is 2.09. The van der Waals surface area contributed by atoms with Crippen LogP contribution in [0.2, 0.25) is 0 Å². The third-order valence-electron chi connectivity index (χ3n) is 2.69. The highest BCUT2D eigenvalue weighted by Crippen LogP contribution is 2.29. The van der Waals surface area contributed by atoms with Gasteiger partial charge >= 0.3 is 0 Å². The van der Waals surface area contributed by atoms with Gasteiger partial charge in [-0.25, -0.2) is 0 Å². The Kier molecular flexibility index (Phi) is 8.41. The van der Waals surface area contributed by atoms with E-state index in [1.165, 1.54) is 11.8 Å². The predicted octanol–water partition coefficient (Wildman–Crippen LogP) is 3.57. The number of ether oxygens (including phenoxy) is 1. The monoisotopic (exact) mass is 383 g/mol. The molecule has 0 radical (unpaired) electrons. The van der Waals surface area contributed by atoms with E-state index in [1.54, 1.807) is 23.1 Å². The van der Waals surface area contributed by atoms with Crippen LogP contribution in [0.25, 0.3) is 0 Å². The number of carbonyl (C=O) groups is 1. The maximum absolute atomic E-state index is 11.8. The quantitative estimate of drug-likeness (QED) is 0.500. The molecule has 1 aromatic carbocycles. The summed E-state index contributed by atoms with van der Waals surface area (Å²) in [6.07, 6.45) is 0. The Hall–Kier alpha value is -1.25. The SMILES string of the molecule is CC(C)CSc1nnc(SCC(=O)NCCOc2ccccc2)s1. The van der Waals surface area contributed by atoms with E-state index in [-0.39, 0.29) is 5.91 Å². The van der Waals surface area contributed by atoms with Gasteiger partial charge in [0.2, 0.25) is 5.91 Å². The molecule has 1 aromatic heterocycles. The van der Waals surface area contributed by atoms with Crippen molar-refractivity contribution in [1.29, 1.82) is 0 Å². The second kappa shape index (κ2) is 10.6. The van der Waals surface area contributed by atoms with Crippen molar-refractivity contribution in [2.24, 2.45) is 5.92 Å². The third-order valence-corrected chi connectivity index (χ3v) is 6.31. The van der Waals surface area contributed by atoms with E-state index in [9.17, 15) is 4.79 Å². The molecular formula is C16H21N3O2S3. The highest BCUT2D eigenvalue weighted by molar-refractivity contribution is 8.03. The average molecular weight is 384 g/mol. The zero-order valence-electron chi connectivity index (χ0n) is 13.7. The lowest BCUT2D eigenvalue weighted by Gasteiger charge is -2.07. The fraction of sp³-hybridized carbons (Fsp3) is 0.438. The Morgan fingerprint density at radius 2 is 1.92 bits per heavy atom. The van der Waals surface area contributed by atoms with Gasteiger partial charge in [0, 0.05) is 5.75 Å². The topological polar surface area (TPSA) is 64.1 Å². The van der Waals surface area contributed by atoms with Gasteiger partial charge in [-0.05, 0) is 18.1 Å². The van der Waals surface area contributed by atoms with Gasteiger partial charge in [-0.1, -0.05) is 66.9 Å². The number of nitrogens with zero attached hydrogens (tertiary/aromatic N) is 2. The maximum Gasteiger partial charge on any atom is 0.230 e. The second-order valence-corrected chi connectivity index (χ2v) is 8.81. The molecule has 24 heavy (non-hydrogen) atoms. The lowest BCUT2D eigenvalue weighted by Crippen LogP contribution is -2.29. The summed E-state index contributed by atoms with van der Waals surface area (Å²) in [5.41, 5.74) is 0. The standard InChI is InChI=1S/C16H21N3O2S3/c1-12(2)10-22-15-18-19-16(24-15)23-11-14(20)17-8-9-21-13-6-4-3-5-7-13/h3-7,12H,8-11H2,1-2H3,(H,17,20). The molecule has 0 unspecified atom stereocenters. The summed E-state index contributed by atoms with van der Waals surface area (Å²) in [5.74, 6) is 2.78. The van der Waals surface area contributed by atoms with E-state index in [2.05, 4.69) is 29.4 Å². The number of benzene rings is 1. The molecule has 0 spiro atoms. The Balaban J connectivity index is 1.59. The molecular weight excluding hydrogens is 362 g/mol. The van der Waals surface area contributed by atoms with Gasteiger partial charge in [-0.3, -0.25) is 4.79 Å². The molecule has 0 bridgehead atoms. The van der Waals surface area contributed by atoms with Gasteiger partial charge in [0.15, 0.2) is 8.68 Å². The number of hydrogen-bond donors (Lipinski definition) is 1. The number of nitrogens with one attached hydrogen (secondary N) is 1. The first-order valence-electron chi connectivity index (χ1n) is 7.67. The molecule has 0 aliphatic rings. The van der Waals surface area contributed by atoms with Crippen LogP contribution in [0.5, 0.6) is 5.75 Å². The summed E-state index contributed by atoms with van der Waals surface area (Å²) < 4.78 is 7.32. The van der Waals surface area contributed by atoms with Crippen molar-refractivity contribution in [2.75, 3.05) is 24.7 Å². The van der Waals surface area contributed by atoms with Crippen molar-refractivity contribution in [2.45, 2.75) is 22.5 Å². The van der Waals surface area contributed by atoms with E-state index in [4.69, 9.17) is 4.74 Å². The minimum atomic E-state index is -0.0248. The van der Waals surface area contributed by atoms with Gasteiger partial charge < -0.3 is 10.1 Å². The van der Waals surface area contributed by atoms with E-state index >= 15 is 0 Å². The molecule has 8 heteroatoms. The zero-order valence-corrected chi connectivity index (χ0v) is 16.2. The Bertz CT molecular complexity index is 620. The summed E-state index contributed by atoms with van der Waals surface area (Å²) in [4.78, 5) is 11.8. The maximum atomic E-state index is 11.8. The zero-order chi connectivity index (χ0) is 17.2. The molecule has 130 valence electrons. The Morgan fingerprint density at radius 1 is 1.21 bits per heavy atom. The number of hydrogen-bond acceptors (Lipinski definition) is 7. The van der Waals surface area contributed by atoms with Crippen LogP contribution in [0, 0.1) is 5.92 Å². The number of rotatable bonds is 10. The van der Waals surface area contributed by atoms with Crippen LogP contribution in [0.3, 0.4) is 0 Å². The number of carbonyl (C=O) groups excluding carboxylic acids is 1. The third kappa shape index (κ3) is 7.55. The van der Waals surface area contributed by atoms with Crippen molar-refractivity contribution in [3.63, 3.8) is 0 Å². The van der Waals surface area contributed by atoms with Gasteiger partial charge in [0.05, 0.1) is 12.3 Å². The van der Waals surface area contributed by atoms with Crippen molar-refractivity contribution >= 4 is 40.8 Å². The van der Waals surface area contributed by atoms with Crippen LogP contribution >= 0.6 is 34.9 Å². The number of amides is 1. The number of para-hydroxylation sites is 1. The average Bonchev–Trinajstić information content (AvgIpc) is 3.04. The minimum absolute atomic E-state index is 0.0248. The molecule has 0 saturated heterocycles. The molecule has 0 saturated carbocycles. The van der Waals surface area contributed by atoms with Gasteiger partial charge in [-0.2, -0.15) is 0 Å². The van der Waals surface area contributed by atoms with Crippen LogP contribution in [-0.4, -0.2) is 40.8 Å². The number of aromatic nitrogens is 2. The van der Waals surface area contributed by atoms with Gasteiger partial charge in [0.25, 0.3) is 0 Å². The molecule has 1 N–H and O–H groups in total. The summed E-state index contributed by atoms with van der Waals surface area (Å²) >= 11 is 4.67. The minimum Gasteiger partial charge on any atom is -0.492 e. The van der Waals surface area contributed by atoms with Crippen molar-refractivity contribution in [3.8, 4) is 5.75 Å². The molecule has 1 amide bonds. The lowest BCUT2D eigenvalue weighted by molar-refractivity contribution is -0.118. The molecule has 0 aliphatic carbocycles. The van der Waals surface area contributed by atoms with Crippen molar-refractivity contribution < 1.29 is 9.53 Å². The molecule has 0 atom stereocenters. The smallest absolute Gasteiger partial charge is 0.230 e. The van der Waals surface area contributed by atoms with Crippen molar-refractivity contribution in [3.05, 3.63) is 30.3 Å². The number of thioether (sulfide) groups is 2. The predicted molar refractivity (Wildman–Crippen MR) is 101 cm³/mol.